The monoisotopic (exact) mass is 405 g/mol. The van der Waals surface area contributed by atoms with E-state index < -0.39 is 18.2 Å². The maximum absolute atomic E-state index is 11.2. The number of hydrogen-bond acceptors (Lipinski definition) is 4. The molecule has 30 heavy (non-hydrogen) atoms. The second kappa shape index (κ2) is 10.5. The summed E-state index contributed by atoms with van der Waals surface area (Å²) in [5.41, 5.74) is 10.4. The van der Waals surface area contributed by atoms with Gasteiger partial charge in [0.1, 0.15) is 0 Å². The molecule has 0 fully saturated rings. The van der Waals surface area contributed by atoms with Gasteiger partial charge >= 0.3 is 6.09 Å². The predicted molar refractivity (Wildman–Crippen MR) is 117 cm³/mol. The number of nitrogens with zero attached hydrogens (tertiary/aromatic N) is 1. The molecule has 0 aliphatic heterocycles. The lowest BCUT2D eigenvalue weighted by molar-refractivity contribution is 0.105. The average molecular weight is 405 g/mol. The third-order valence-corrected chi connectivity index (χ3v) is 5.06. The highest BCUT2D eigenvalue weighted by Gasteiger charge is 2.23. The molecule has 1 aromatic heterocycles. The molecule has 5 N–H and O–H groups in total. The van der Waals surface area contributed by atoms with Crippen molar-refractivity contribution in [3.05, 3.63) is 90.3 Å². The number of aliphatic hydroxyl groups excluding tert-OH is 1. The number of nitrogens with two attached hydrogens (primary N) is 1. The van der Waals surface area contributed by atoms with Crippen LogP contribution in [-0.4, -0.2) is 39.5 Å². The highest BCUT2D eigenvalue weighted by Crippen LogP contribution is 2.19. The summed E-state index contributed by atoms with van der Waals surface area (Å²) in [6, 6.07) is 20.6. The van der Waals surface area contributed by atoms with E-state index in [4.69, 9.17) is 10.8 Å². The number of nitrogens with one attached hydrogen (secondary N) is 1. The van der Waals surface area contributed by atoms with Crippen LogP contribution < -0.4 is 11.1 Å². The van der Waals surface area contributed by atoms with Gasteiger partial charge in [0.05, 0.1) is 12.1 Å². The van der Waals surface area contributed by atoms with Crippen LogP contribution in [0.2, 0.25) is 0 Å². The Morgan fingerprint density at radius 1 is 0.933 bits per heavy atom. The third-order valence-electron chi connectivity index (χ3n) is 5.06. The van der Waals surface area contributed by atoms with Crippen molar-refractivity contribution in [3.8, 4) is 11.1 Å². The quantitative estimate of drug-likeness (QED) is 0.437. The molecule has 6 nitrogen and oxygen atoms in total. The Kier molecular flexibility index (Phi) is 7.54. The molecule has 0 spiro atoms. The standard InChI is InChI=1S/C24H27N3O3/c25-21(13-18-8-10-19(11-9-18)20-7-4-12-26-16-20)15-23(28)22(27-24(29)30)14-17-5-2-1-3-6-17/h1-12,16,21-23,27-28H,13-15,25H2,(H,29,30)/t21-,22-,23-/m0/s1. The lowest BCUT2D eigenvalue weighted by Gasteiger charge is -2.25. The van der Waals surface area contributed by atoms with Crippen molar-refractivity contribution in [2.45, 2.75) is 37.5 Å². The normalized spacial score (nSPS) is 13.9. The fourth-order valence-electron chi connectivity index (χ4n) is 3.54. The average Bonchev–Trinajstić information content (AvgIpc) is 2.75. The third kappa shape index (κ3) is 6.40. The molecule has 1 heterocycles. The molecule has 3 aromatic rings. The number of aromatic nitrogens is 1. The molecular formula is C24H27N3O3. The lowest BCUT2D eigenvalue weighted by Crippen LogP contribution is -2.46. The van der Waals surface area contributed by atoms with Crippen LogP contribution in [0.4, 0.5) is 4.79 Å². The SMILES string of the molecule is N[C@@H](Cc1ccc(-c2cccnc2)cc1)C[C@H](O)[C@H](Cc1ccccc1)NC(=O)O. The number of carbonyl (C=O) groups is 1. The number of aliphatic hydroxyl groups is 1. The minimum Gasteiger partial charge on any atom is -0.465 e. The largest absolute Gasteiger partial charge is 0.465 e. The molecule has 2 aromatic carbocycles. The van der Waals surface area contributed by atoms with Gasteiger partial charge in [0.2, 0.25) is 0 Å². The first-order valence-electron chi connectivity index (χ1n) is 9.97. The van der Waals surface area contributed by atoms with Gasteiger partial charge in [0.25, 0.3) is 0 Å². The van der Waals surface area contributed by atoms with Gasteiger partial charge < -0.3 is 21.3 Å². The minimum atomic E-state index is -1.16. The van der Waals surface area contributed by atoms with Crippen LogP contribution in [-0.2, 0) is 12.8 Å². The van der Waals surface area contributed by atoms with Gasteiger partial charge in [0.15, 0.2) is 0 Å². The first kappa shape index (κ1) is 21.5. The number of hydrogen-bond donors (Lipinski definition) is 4. The Labute approximate surface area is 176 Å². The molecule has 1 amide bonds. The van der Waals surface area contributed by atoms with Crippen molar-refractivity contribution in [2.24, 2.45) is 5.73 Å². The number of amides is 1. The molecule has 156 valence electrons. The first-order valence-corrected chi connectivity index (χ1v) is 9.97. The summed E-state index contributed by atoms with van der Waals surface area (Å²) in [5, 5.41) is 22.2. The van der Waals surface area contributed by atoms with E-state index >= 15 is 0 Å². The zero-order valence-electron chi connectivity index (χ0n) is 16.7. The van der Waals surface area contributed by atoms with Gasteiger partial charge in [-0.3, -0.25) is 4.98 Å². The van der Waals surface area contributed by atoms with Crippen molar-refractivity contribution in [3.63, 3.8) is 0 Å². The predicted octanol–water partition coefficient (Wildman–Crippen LogP) is 3.25. The summed E-state index contributed by atoms with van der Waals surface area (Å²) in [7, 11) is 0. The van der Waals surface area contributed by atoms with Gasteiger partial charge in [-0.2, -0.15) is 0 Å². The summed E-state index contributed by atoms with van der Waals surface area (Å²) >= 11 is 0. The van der Waals surface area contributed by atoms with Gasteiger partial charge in [-0.05, 0) is 47.6 Å². The number of pyridine rings is 1. The van der Waals surface area contributed by atoms with Crippen LogP contribution in [0.25, 0.3) is 11.1 Å². The number of rotatable bonds is 9. The summed E-state index contributed by atoms with van der Waals surface area (Å²) in [6.45, 7) is 0. The van der Waals surface area contributed by atoms with Crippen LogP contribution >= 0.6 is 0 Å². The Morgan fingerprint density at radius 3 is 2.27 bits per heavy atom. The molecule has 3 atom stereocenters. The molecule has 6 heteroatoms. The van der Waals surface area contributed by atoms with E-state index in [1.54, 1.807) is 6.20 Å². The Balaban J connectivity index is 1.59. The molecule has 0 saturated heterocycles. The molecule has 0 unspecified atom stereocenters. The second-order valence-corrected chi connectivity index (χ2v) is 7.45. The summed E-state index contributed by atoms with van der Waals surface area (Å²) in [4.78, 5) is 15.3. The minimum absolute atomic E-state index is 0.293. The Hall–Kier alpha value is -3.22. The van der Waals surface area contributed by atoms with E-state index in [-0.39, 0.29) is 6.04 Å². The molecular weight excluding hydrogens is 378 g/mol. The number of carboxylic acid groups (broad SMARTS) is 1. The van der Waals surface area contributed by atoms with Gasteiger partial charge in [-0.25, -0.2) is 4.79 Å². The second-order valence-electron chi connectivity index (χ2n) is 7.45. The van der Waals surface area contributed by atoms with Crippen LogP contribution in [0.1, 0.15) is 17.5 Å². The Bertz CT molecular complexity index is 917. The fraction of sp³-hybridized carbons (Fsp3) is 0.250. The molecule has 3 rings (SSSR count). The highest BCUT2D eigenvalue weighted by atomic mass is 16.4. The van der Waals surface area contributed by atoms with Crippen LogP contribution in [0, 0.1) is 0 Å². The smallest absolute Gasteiger partial charge is 0.404 e. The summed E-state index contributed by atoms with van der Waals surface area (Å²) in [6.07, 6.45) is 2.81. The van der Waals surface area contributed by atoms with Crippen LogP contribution in [0.15, 0.2) is 79.1 Å². The molecule has 0 radical (unpaired) electrons. The van der Waals surface area contributed by atoms with E-state index in [0.717, 1.165) is 22.3 Å². The number of benzene rings is 2. The fourth-order valence-corrected chi connectivity index (χ4v) is 3.54. The van der Waals surface area contributed by atoms with Crippen molar-refractivity contribution in [2.75, 3.05) is 0 Å². The lowest BCUT2D eigenvalue weighted by atomic mass is 9.94. The maximum atomic E-state index is 11.2. The topological polar surface area (TPSA) is 108 Å². The summed E-state index contributed by atoms with van der Waals surface area (Å²) < 4.78 is 0. The van der Waals surface area contributed by atoms with Gasteiger partial charge in [-0.1, -0.05) is 60.7 Å². The summed E-state index contributed by atoms with van der Waals surface area (Å²) in [5.74, 6) is 0. The van der Waals surface area contributed by atoms with Crippen molar-refractivity contribution < 1.29 is 15.0 Å². The zero-order chi connectivity index (χ0) is 21.3. The zero-order valence-corrected chi connectivity index (χ0v) is 16.7. The van der Waals surface area contributed by atoms with E-state index in [1.165, 1.54) is 0 Å². The van der Waals surface area contributed by atoms with Crippen LogP contribution in [0.5, 0.6) is 0 Å². The van der Waals surface area contributed by atoms with Crippen molar-refractivity contribution in [1.82, 2.24) is 10.3 Å². The molecule has 0 saturated carbocycles. The van der Waals surface area contributed by atoms with Crippen molar-refractivity contribution >= 4 is 6.09 Å². The van der Waals surface area contributed by atoms with E-state index in [9.17, 15) is 9.90 Å². The van der Waals surface area contributed by atoms with Crippen LogP contribution in [0.3, 0.4) is 0 Å². The molecule has 0 aliphatic carbocycles. The Morgan fingerprint density at radius 2 is 1.63 bits per heavy atom. The van der Waals surface area contributed by atoms with Gasteiger partial charge in [0, 0.05) is 18.4 Å². The van der Waals surface area contributed by atoms with Crippen molar-refractivity contribution in [1.29, 1.82) is 0 Å². The highest BCUT2D eigenvalue weighted by molar-refractivity contribution is 5.65. The molecule has 0 aliphatic rings. The maximum Gasteiger partial charge on any atom is 0.404 e. The van der Waals surface area contributed by atoms with E-state index in [2.05, 4.69) is 10.3 Å². The molecule has 0 bridgehead atoms. The first-order chi connectivity index (χ1) is 14.5. The van der Waals surface area contributed by atoms with E-state index in [0.29, 0.717) is 19.3 Å². The van der Waals surface area contributed by atoms with Gasteiger partial charge in [-0.15, -0.1) is 0 Å². The van der Waals surface area contributed by atoms with E-state index in [1.807, 2.05) is 72.9 Å².